The van der Waals surface area contributed by atoms with E-state index >= 15 is 0 Å². The summed E-state index contributed by atoms with van der Waals surface area (Å²) in [4.78, 5) is 18.4. The van der Waals surface area contributed by atoms with Gasteiger partial charge in [-0.05, 0) is 24.7 Å². The Kier molecular flexibility index (Phi) is 5.35. The zero-order chi connectivity index (χ0) is 14.6. The van der Waals surface area contributed by atoms with Crippen molar-refractivity contribution < 1.29 is 4.79 Å². The van der Waals surface area contributed by atoms with Crippen LogP contribution < -0.4 is 5.32 Å². The number of hydrogen-bond acceptors (Lipinski definition) is 4. The van der Waals surface area contributed by atoms with E-state index in [1.54, 1.807) is 0 Å². The highest BCUT2D eigenvalue weighted by Crippen LogP contribution is 2.31. The standard InChI is InChI=1S/C15H27N3OS/c1-15(2,3)10-12-11-17-14(20-12)16-7-6-13(19)18-8-4-5-9-18/h12H,4-11H2,1-3H3,(H,16,17). The van der Waals surface area contributed by atoms with E-state index in [1.165, 1.54) is 6.42 Å². The molecule has 2 aliphatic heterocycles. The lowest BCUT2D eigenvalue weighted by Gasteiger charge is -2.21. The molecule has 0 spiro atoms. The van der Waals surface area contributed by atoms with Crippen LogP contribution in [0.4, 0.5) is 0 Å². The minimum Gasteiger partial charge on any atom is -0.364 e. The summed E-state index contributed by atoms with van der Waals surface area (Å²) in [7, 11) is 0. The molecule has 0 aromatic rings. The van der Waals surface area contributed by atoms with Crippen LogP contribution in [0.25, 0.3) is 0 Å². The topological polar surface area (TPSA) is 44.7 Å². The number of amidine groups is 1. The Bertz CT molecular complexity index is 370. The molecule has 5 heteroatoms. The number of nitrogens with zero attached hydrogens (tertiary/aromatic N) is 2. The van der Waals surface area contributed by atoms with Crippen LogP contribution in [0.1, 0.15) is 46.5 Å². The SMILES string of the molecule is CC(C)(C)CC1CN=C(NCCC(=O)N2CCCC2)S1. The second-order valence-corrected chi connectivity index (χ2v) is 8.20. The summed E-state index contributed by atoms with van der Waals surface area (Å²) in [5.41, 5.74) is 0.356. The van der Waals surface area contributed by atoms with Crippen LogP contribution in [-0.4, -0.2) is 47.4 Å². The van der Waals surface area contributed by atoms with Gasteiger partial charge in [0.15, 0.2) is 5.17 Å². The van der Waals surface area contributed by atoms with E-state index in [0.29, 0.717) is 23.6 Å². The van der Waals surface area contributed by atoms with E-state index < -0.39 is 0 Å². The van der Waals surface area contributed by atoms with E-state index in [0.717, 1.165) is 37.6 Å². The van der Waals surface area contributed by atoms with Crippen molar-refractivity contribution in [2.24, 2.45) is 10.4 Å². The van der Waals surface area contributed by atoms with Crippen molar-refractivity contribution in [1.82, 2.24) is 10.2 Å². The van der Waals surface area contributed by atoms with Crippen molar-refractivity contribution in [3.63, 3.8) is 0 Å². The number of aliphatic imine (C=N–C) groups is 1. The van der Waals surface area contributed by atoms with Crippen LogP contribution >= 0.6 is 11.8 Å². The Balaban J connectivity index is 1.62. The number of carbonyl (C=O) groups excluding carboxylic acids is 1. The molecule has 114 valence electrons. The van der Waals surface area contributed by atoms with Gasteiger partial charge in [-0.3, -0.25) is 9.79 Å². The van der Waals surface area contributed by atoms with Crippen LogP contribution in [-0.2, 0) is 4.79 Å². The molecule has 0 aromatic heterocycles. The molecule has 0 saturated carbocycles. The largest absolute Gasteiger partial charge is 0.364 e. The molecule has 1 atom stereocenters. The molecule has 4 nitrogen and oxygen atoms in total. The maximum atomic E-state index is 11.9. The molecule has 0 radical (unpaired) electrons. The third kappa shape index (κ3) is 5.00. The first kappa shape index (κ1) is 15.7. The summed E-state index contributed by atoms with van der Waals surface area (Å²) in [5, 5.41) is 4.93. The van der Waals surface area contributed by atoms with Gasteiger partial charge in [-0.1, -0.05) is 32.5 Å². The van der Waals surface area contributed by atoms with Gasteiger partial charge >= 0.3 is 0 Å². The average molecular weight is 297 g/mol. The molecule has 0 bridgehead atoms. The molecular formula is C15H27N3OS. The molecule has 1 fully saturated rings. The highest BCUT2D eigenvalue weighted by atomic mass is 32.2. The van der Waals surface area contributed by atoms with Gasteiger partial charge in [0, 0.05) is 31.3 Å². The third-order valence-electron chi connectivity index (χ3n) is 3.63. The second kappa shape index (κ2) is 6.83. The average Bonchev–Trinajstić information content (AvgIpc) is 2.98. The van der Waals surface area contributed by atoms with Crippen molar-refractivity contribution in [3.8, 4) is 0 Å². The van der Waals surface area contributed by atoms with Gasteiger partial charge in [0.05, 0.1) is 6.54 Å². The predicted molar refractivity (Wildman–Crippen MR) is 86.2 cm³/mol. The number of rotatable bonds is 4. The number of nitrogens with one attached hydrogen (secondary N) is 1. The van der Waals surface area contributed by atoms with Gasteiger partial charge in [-0.15, -0.1) is 0 Å². The summed E-state index contributed by atoms with van der Waals surface area (Å²) in [5.74, 6) is 0.282. The van der Waals surface area contributed by atoms with Crippen LogP contribution in [0.2, 0.25) is 0 Å². The molecule has 2 heterocycles. The van der Waals surface area contributed by atoms with E-state index in [9.17, 15) is 4.79 Å². The number of amides is 1. The highest BCUT2D eigenvalue weighted by molar-refractivity contribution is 8.14. The molecular weight excluding hydrogens is 270 g/mol. The summed E-state index contributed by atoms with van der Waals surface area (Å²) in [6.45, 7) is 10.3. The van der Waals surface area contributed by atoms with Crippen molar-refractivity contribution in [3.05, 3.63) is 0 Å². The van der Waals surface area contributed by atoms with Gasteiger partial charge in [0.25, 0.3) is 0 Å². The first-order valence-corrected chi connectivity index (χ1v) is 8.55. The molecule has 0 aliphatic carbocycles. The highest BCUT2D eigenvalue weighted by Gasteiger charge is 2.25. The molecule has 2 rings (SSSR count). The smallest absolute Gasteiger partial charge is 0.224 e. The predicted octanol–water partition coefficient (Wildman–Crippen LogP) is 2.50. The zero-order valence-electron chi connectivity index (χ0n) is 12.9. The van der Waals surface area contributed by atoms with Gasteiger partial charge < -0.3 is 10.2 Å². The van der Waals surface area contributed by atoms with Crippen molar-refractivity contribution in [2.45, 2.75) is 51.7 Å². The summed E-state index contributed by atoms with van der Waals surface area (Å²) in [6.07, 6.45) is 4.09. The fourth-order valence-electron chi connectivity index (χ4n) is 2.70. The normalized spacial score (nSPS) is 23.1. The van der Waals surface area contributed by atoms with Gasteiger partial charge in [-0.25, -0.2) is 0 Å². The lowest BCUT2D eigenvalue weighted by Crippen LogP contribution is -2.31. The number of thioether (sulfide) groups is 1. The molecule has 1 unspecified atom stereocenters. The lowest BCUT2D eigenvalue weighted by atomic mass is 9.90. The summed E-state index contributed by atoms with van der Waals surface area (Å²) in [6, 6.07) is 0. The van der Waals surface area contributed by atoms with Crippen LogP contribution in [0.15, 0.2) is 4.99 Å². The summed E-state index contributed by atoms with van der Waals surface area (Å²) >= 11 is 1.84. The van der Waals surface area contributed by atoms with Crippen LogP contribution in [0, 0.1) is 5.41 Å². The second-order valence-electron chi connectivity index (χ2n) is 6.92. The van der Waals surface area contributed by atoms with Gasteiger partial charge in [0.2, 0.25) is 5.91 Å². The fourth-order valence-corrected chi connectivity index (χ4v) is 4.09. The maximum Gasteiger partial charge on any atom is 0.224 e. The first-order chi connectivity index (χ1) is 9.44. The third-order valence-corrected chi connectivity index (χ3v) is 4.78. The van der Waals surface area contributed by atoms with E-state index in [2.05, 4.69) is 31.1 Å². The van der Waals surface area contributed by atoms with E-state index in [-0.39, 0.29) is 5.91 Å². The Hall–Kier alpha value is -0.710. The van der Waals surface area contributed by atoms with Gasteiger partial charge in [0.1, 0.15) is 0 Å². The number of carbonyl (C=O) groups is 1. The van der Waals surface area contributed by atoms with Crippen LogP contribution in [0.3, 0.4) is 0 Å². The molecule has 1 amide bonds. The van der Waals surface area contributed by atoms with Crippen molar-refractivity contribution in [1.29, 1.82) is 0 Å². The van der Waals surface area contributed by atoms with E-state index in [1.807, 2.05) is 16.7 Å². The minimum atomic E-state index is 0.282. The maximum absolute atomic E-state index is 11.9. The quantitative estimate of drug-likeness (QED) is 0.867. The zero-order valence-corrected chi connectivity index (χ0v) is 13.8. The molecule has 0 aromatic carbocycles. The Morgan fingerprint density at radius 1 is 1.40 bits per heavy atom. The number of hydrogen-bond donors (Lipinski definition) is 1. The van der Waals surface area contributed by atoms with Crippen molar-refractivity contribution >= 4 is 22.8 Å². The van der Waals surface area contributed by atoms with E-state index in [4.69, 9.17) is 0 Å². The molecule has 1 saturated heterocycles. The molecule has 2 aliphatic rings. The Morgan fingerprint density at radius 3 is 2.75 bits per heavy atom. The lowest BCUT2D eigenvalue weighted by molar-refractivity contribution is -0.129. The monoisotopic (exact) mass is 297 g/mol. The first-order valence-electron chi connectivity index (χ1n) is 7.67. The van der Waals surface area contributed by atoms with Crippen LogP contribution in [0.5, 0.6) is 0 Å². The molecule has 20 heavy (non-hydrogen) atoms. The minimum absolute atomic E-state index is 0.282. The fraction of sp³-hybridized carbons (Fsp3) is 0.867. The Morgan fingerprint density at radius 2 is 2.10 bits per heavy atom. The Labute approximate surface area is 126 Å². The van der Waals surface area contributed by atoms with Gasteiger partial charge in [-0.2, -0.15) is 0 Å². The number of likely N-dealkylation sites (tertiary alicyclic amines) is 1. The molecule has 1 N–H and O–H groups in total. The summed E-state index contributed by atoms with van der Waals surface area (Å²) < 4.78 is 0. The van der Waals surface area contributed by atoms with Crippen molar-refractivity contribution in [2.75, 3.05) is 26.2 Å².